The Morgan fingerprint density at radius 3 is 2.76 bits per heavy atom. The largest absolute Gasteiger partial charge is 0.381 e. The number of hydrogen-bond donors (Lipinski definition) is 0. The molecule has 1 aromatic rings. The maximum Gasteiger partial charge on any atom is 0.0847 e. The van der Waals surface area contributed by atoms with Crippen LogP contribution in [0.25, 0.3) is 0 Å². The van der Waals surface area contributed by atoms with Gasteiger partial charge in [-0.1, -0.05) is 11.6 Å². The van der Waals surface area contributed by atoms with E-state index in [0.29, 0.717) is 5.88 Å². The standard InChI is InChI=1S/C12H18Cl2N2O/c1-9-11(14)10(16(2)15-9)6-12(7-13)4-3-5-17-8-12/h3-8H2,1-2H3. The zero-order valence-corrected chi connectivity index (χ0v) is 11.8. The highest BCUT2D eigenvalue weighted by Gasteiger charge is 2.34. The SMILES string of the molecule is Cc1nn(C)c(CC2(CCl)CCCOC2)c1Cl. The van der Waals surface area contributed by atoms with Crippen molar-refractivity contribution in [3.63, 3.8) is 0 Å². The second kappa shape index (κ2) is 5.17. The second-order valence-corrected chi connectivity index (χ2v) is 5.58. The summed E-state index contributed by atoms with van der Waals surface area (Å²) < 4.78 is 7.44. The van der Waals surface area contributed by atoms with Gasteiger partial charge < -0.3 is 4.74 Å². The third-order valence-electron chi connectivity index (χ3n) is 3.49. The number of nitrogens with zero attached hydrogens (tertiary/aromatic N) is 2. The lowest BCUT2D eigenvalue weighted by Gasteiger charge is -2.35. The van der Waals surface area contributed by atoms with E-state index < -0.39 is 0 Å². The molecule has 0 bridgehead atoms. The highest BCUT2D eigenvalue weighted by atomic mass is 35.5. The fourth-order valence-electron chi connectivity index (χ4n) is 2.43. The Kier molecular flexibility index (Phi) is 4.01. The number of aryl methyl sites for hydroxylation is 2. The molecule has 5 heteroatoms. The van der Waals surface area contributed by atoms with Gasteiger partial charge in [0.05, 0.1) is 23.0 Å². The molecule has 1 aromatic heterocycles. The molecule has 2 rings (SSSR count). The van der Waals surface area contributed by atoms with Gasteiger partial charge in [0.1, 0.15) is 0 Å². The summed E-state index contributed by atoms with van der Waals surface area (Å²) in [6, 6.07) is 0. The van der Waals surface area contributed by atoms with E-state index in [0.717, 1.165) is 48.9 Å². The Balaban J connectivity index is 2.23. The number of alkyl halides is 1. The second-order valence-electron chi connectivity index (χ2n) is 4.94. The Morgan fingerprint density at radius 1 is 1.53 bits per heavy atom. The molecular weight excluding hydrogens is 259 g/mol. The molecule has 0 radical (unpaired) electrons. The quantitative estimate of drug-likeness (QED) is 0.794. The normalized spacial score (nSPS) is 25.2. The Morgan fingerprint density at radius 2 is 2.29 bits per heavy atom. The maximum absolute atomic E-state index is 6.28. The molecule has 2 heterocycles. The first kappa shape index (κ1) is 13.2. The molecule has 0 N–H and O–H groups in total. The van der Waals surface area contributed by atoms with Crippen LogP contribution in [0, 0.1) is 12.3 Å². The molecule has 0 aromatic carbocycles. The van der Waals surface area contributed by atoms with Crippen molar-refractivity contribution in [2.45, 2.75) is 26.2 Å². The highest BCUT2D eigenvalue weighted by Crippen LogP contribution is 2.36. The van der Waals surface area contributed by atoms with Crippen LogP contribution in [0.5, 0.6) is 0 Å². The molecular formula is C12H18Cl2N2O. The van der Waals surface area contributed by atoms with E-state index in [1.165, 1.54) is 0 Å². The van der Waals surface area contributed by atoms with Crippen LogP contribution in [-0.2, 0) is 18.2 Å². The molecule has 0 amide bonds. The summed E-state index contributed by atoms with van der Waals surface area (Å²) in [5.41, 5.74) is 1.96. The molecule has 1 unspecified atom stereocenters. The van der Waals surface area contributed by atoms with E-state index in [9.17, 15) is 0 Å². The van der Waals surface area contributed by atoms with E-state index >= 15 is 0 Å². The highest BCUT2D eigenvalue weighted by molar-refractivity contribution is 6.31. The molecule has 1 aliphatic heterocycles. The van der Waals surface area contributed by atoms with Gasteiger partial charge in [0.25, 0.3) is 0 Å². The predicted molar refractivity (Wildman–Crippen MR) is 69.9 cm³/mol. The number of hydrogen-bond acceptors (Lipinski definition) is 2. The van der Waals surface area contributed by atoms with Gasteiger partial charge in [-0.2, -0.15) is 5.10 Å². The van der Waals surface area contributed by atoms with Crippen molar-refractivity contribution in [3.8, 4) is 0 Å². The van der Waals surface area contributed by atoms with Crippen LogP contribution in [-0.4, -0.2) is 28.9 Å². The Bertz CT molecular complexity index is 397. The molecule has 96 valence electrons. The lowest BCUT2D eigenvalue weighted by atomic mass is 9.80. The van der Waals surface area contributed by atoms with Crippen molar-refractivity contribution in [1.29, 1.82) is 0 Å². The summed E-state index contributed by atoms with van der Waals surface area (Å²) in [6.45, 7) is 3.49. The van der Waals surface area contributed by atoms with E-state index in [1.807, 2.05) is 18.7 Å². The lowest BCUT2D eigenvalue weighted by molar-refractivity contribution is 0.00391. The van der Waals surface area contributed by atoms with E-state index in [2.05, 4.69) is 5.10 Å². The molecule has 3 nitrogen and oxygen atoms in total. The molecule has 1 saturated heterocycles. The van der Waals surface area contributed by atoms with E-state index in [4.69, 9.17) is 27.9 Å². The van der Waals surface area contributed by atoms with Crippen LogP contribution < -0.4 is 0 Å². The number of ether oxygens (including phenoxy) is 1. The van der Waals surface area contributed by atoms with Gasteiger partial charge >= 0.3 is 0 Å². The molecule has 0 saturated carbocycles. The molecule has 1 atom stereocenters. The molecule has 17 heavy (non-hydrogen) atoms. The number of halogens is 2. The first-order valence-corrected chi connectivity index (χ1v) is 6.81. The van der Waals surface area contributed by atoms with Gasteiger partial charge in [-0.3, -0.25) is 4.68 Å². The van der Waals surface area contributed by atoms with Gasteiger partial charge in [-0.05, 0) is 26.2 Å². The van der Waals surface area contributed by atoms with Gasteiger partial charge in [-0.25, -0.2) is 0 Å². The predicted octanol–water partition coefficient (Wildman–Crippen LogP) is 2.96. The summed E-state index contributed by atoms with van der Waals surface area (Å²) in [5.74, 6) is 0.605. The van der Waals surface area contributed by atoms with Gasteiger partial charge in [-0.15, -0.1) is 11.6 Å². The minimum Gasteiger partial charge on any atom is -0.381 e. The fourth-order valence-corrected chi connectivity index (χ4v) is 2.96. The number of rotatable bonds is 3. The van der Waals surface area contributed by atoms with Crippen LogP contribution in [0.3, 0.4) is 0 Å². The average Bonchev–Trinajstić information content (AvgIpc) is 2.57. The molecule has 1 aliphatic rings. The van der Waals surface area contributed by atoms with Gasteiger partial charge in [0, 0.05) is 24.9 Å². The topological polar surface area (TPSA) is 27.1 Å². The Labute approximate surface area is 112 Å². The maximum atomic E-state index is 6.28. The third kappa shape index (κ3) is 2.61. The summed E-state index contributed by atoms with van der Waals surface area (Å²) in [6.07, 6.45) is 3.00. The van der Waals surface area contributed by atoms with Crippen molar-refractivity contribution >= 4 is 23.2 Å². The van der Waals surface area contributed by atoms with Crippen molar-refractivity contribution in [3.05, 3.63) is 16.4 Å². The summed E-state index contributed by atoms with van der Waals surface area (Å²) in [7, 11) is 1.93. The number of aromatic nitrogens is 2. The van der Waals surface area contributed by atoms with Gasteiger partial charge in [0.15, 0.2) is 0 Å². The fraction of sp³-hybridized carbons (Fsp3) is 0.750. The summed E-state index contributed by atoms with van der Waals surface area (Å²) in [5, 5.41) is 5.11. The Hall–Kier alpha value is -0.250. The first-order chi connectivity index (χ1) is 8.08. The van der Waals surface area contributed by atoms with Crippen molar-refractivity contribution in [1.82, 2.24) is 9.78 Å². The molecule has 0 aliphatic carbocycles. The lowest BCUT2D eigenvalue weighted by Crippen LogP contribution is -2.36. The minimum absolute atomic E-state index is 0.0175. The van der Waals surface area contributed by atoms with Crippen LogP contribution in [0.15, 0.2) is 0 Å². The summed E-state index contributed by atoms with van der Waals surface area (Å²) in [4.78, 5) is 0. The average molecular weight is 277 g/mol. The third-order valence-corrected chi connectivity index (χ3v) is 4.55. The van der Waals surface area contributed by atoms with Crippen LogP contribution in [0.2, 0.25) is 5.02 Å². The van der Waals surface area contributed by atoms with Crippen LogP contribution >= 0.6 is 23.2 Å². The van der Waals surface area contributed by atoms with Crippen molar-refractivity contribution < 1.29 is 4.74 Å². The van der Waals surface area contributed by atoms with Crippen LogP contribution in [0.4, 0.5) is 0 Å². The van der Waals surface area contributed by atoms with Crippen LogP contribution in [0.1, 0.15) is 24.2 Å². The van der Waals surface area contributed by atoms with Crippen molar-refractivity contribution in [2.24, 2.45) is 12.5 Å². The first-order valence-electron chi connectivity index (χ1n) is 5.90. The van der Waals surface area contributed by atoms with E-state index in [-0.39, 0.29) is 5.41 Å². The zero-order valence-electron chi connectivity index (χ0n) is 10.3. The molecule has 0 spiro atoms. The minimum atomic E-state index is 0.0175. The smallest absolute Gasteiger partial charge is 0.0847 e. The monoisotopic (exact) mass is 276 g/mol. The van der Waals surface area contributed by atoms with Crippen molar-refractivity contribution in [2.75, 3.05) is 19.1 Å². The van der Waals surface area contributed by atoms with E-state index in [1.54, 1.807) is 0 Å². The molecule has 1 fully saturated rings. The van der Waals surface area contributed by atoms with Gasteiger partial charge in [0.2, 0.25) is 0 Å². The zero-order chi connectivity index (χ0) is 12.5. The summed E-state index contributed by atoms with van der Waals surface area (Å²) >= 11 is 12.4.